The number of methoxy groups -OCH3 is 1. The van der Waals surface area contributed by atoms with Gasteiger partial charge in [0.1, 0.15) is 12.3 Å². The number of nitrogens with zero attached hydrogens (tertiary/aromatic N) is 5. The van der Waals surface area contributed by atoms with E-state index >= 15 is 0 Å². The van der Waals surface area contributed by atoms with Crippen LogP contribution < -0.4 is 5.32 Å². The number of amides is 1. The van der Waals surface area contributed by atoms with E-state index in [1.165, 1.54) is 7.11 Å². The lowest BCUT2D eigenvalue weighted by Crippen LogP contribution is -2.34. The summed E-state index contributed by atoms with van der Waals surface area (Å²) < 4.78 is 4.99. The zero-order chi connectivity index (χ0) is 17.8. The average molecular weight is 342 g/mol. The van der Waals surface area contributed by atoms with Gasteiger partial charge in [-0.2, -0.15) is 0 Å². The van der Waals surface area contributed by atoms with Crippen LogP contribution in [0.2, 0.25) is 0 Å². The second-order valence-corrected chi connectivity index (χ2v) is 6.07. The third kappa shape index (κ3) is 3.90. The number of likely N-dealkylation sites (tertiary alicyclic amines) is 1. The van der Waals surface area contributed by atoms with Gasteiger partial charge in [-0.05, 0) is 32.8 Å². The minimum absolute atomic E-state index is 0.0377. The van der Waals surface area contributed by atoms with Crippen molar-refractivity contribution in [3.05, 3.63) is 35.5 Å². The summed E-state index contributed by atoms with van der Waals surface area (Å²) in [5.41, 5.74) is 2.48. The molecule has 0 radical (unpaired) electrons. The number of rotatable bonds is 5. The lowest BCUT2D eigenvalue weighted by atomic mass is 10.1. The fourth-order valence-corrected chi connectivity index (χ4v) is 3.13. The number of aromatic nitrogens is 4. The van der Waals surface area contributed by atoms with Gasteiger partial charge in [-0.1, -0.05) is 0 Å². The van der Waals surface area contributed by atoms with Gasteiger partial charge in [0.05, 0.1) is 6.04 Å². The molecule has 25 heavy (non-hydrogen) atoms. The Hall–Kier alpha value is -2.61. The standard InChI is InChI=1S/C17H22N6O2/c1-11-9-12(2)21-17(20-11)22-16-15(18-6-7-19-16)13-5-4-8-23(13)14(24)10-25-3/h6-7,9,13H,4-5,8,10H2,1-3H3,(H,19,20,21,22). The van der Waals surface area contributed by atoms with Crippen molar-refractivity contribution in [3.8, 4) is 0 Å². The molecule has 3 rings (SSSR count). The molecule has 1 aliphatic heterocycles. The van der Waals surface area contributed by atoms with Gasteiger partial charge >= 0.3 is 0 Å². The zero-order valence-corrected chi connectivity index (χ0v) is 14.7. The first-order valence-electron chi connectivity index (χ1n) is 8.27. The van der Waals surface area contributed by atoms with Crippen LogP contribution in [0.5, 0.6) is 0 Å². The van der Waals surface area contributed by atoms with Gasteiger partial charge in [0.25, 0.3) is 0 Å². The summed E-state index contributed by atoms with van der Waals surface area (Å²) in [5.74, 6) is 1.02. The number of nitrogens with one attached hydrogen (secondary N) is 1. The van der Waals surface area contributed by atoms with Crippen molar-refractivity contribution >= 4 is 17.7 Å². The normalized spacial score (nSPS) is 16.9. The minimum Gasteiger partial charge on any atom is -0.375 e. The van der Waals surface area contributed by atoms with Gasteiger partial charge in [-0.15, -0.1) is 0 Å². The molecule has 1 amide bonds. The fraction of sp³-hybridized carbons (Fsp3) is 0.471. The summed E-state index contributed by atoms with van der Waals surface area (Å²) in [5, 5.41) is 3.16. The Kier molecular flexibility index (Phi) is 5.18. The number of carbonyl (C=O) groups excluding carboxylic acids is 1. The van der Waals surface area contributed by atoms with Gasteiger partial charge < -0.3 is 15.0 Å². The maximum Gasteiger partial charge on any atom is 0.249 e. The van der Waals surface area contributed by atoms with Gasteiger partial charge in [0.15, 0.2) is 5.82 Å². The van der Waals surface area contributed by atoms with Crippen LogP contribution in [0, 0.1) is 13.8 Å². The molecule has 1 atom stereocenters. The zero-order valence-electron chi connectivity index (χ0n) is 14.7. The van der Waals surface area contributed by atoms with E-state index in [1.807, 2.05) is 19.9 Å². The van der Waals surface area contributed by atoms with Gasteiger partial charge in [-0.3, -0.25) is 9.78 Å². The maximum absolute atomic E-state index is 12.3. The lowest BCUT2D eigenvalue weighted by Gasteiger charge is -2.25. The first-order valence-corrected chi connectivity index (χ1v) is 8.27. The largest absolute Gasteiger partial charge is 0.375 e. The van der Waals surface area contributed by atoms with E-state index in [0.29, 0.717) is 18.3 Å². The van der Waals surface area contributed by atoms with Crippen LogP contribution in [0.25, 0.3) is 0 Å². The SMILES string of the molecule is COCC(=O)N1CCCC1c1nccnc1Nc1nc(C)cc(C)n1. The van der Waals surface area contributed by atoms with Gasteiger partial charge in [0.2, 0.25) is 11.9 Å². The Morgan fingerprint density at radius 3 is 2.72 bits per heavy atom. The molecule has 1 saturated heterocycles. The number of hydrogen-bond acceptors (Lipinski definition) is 7. The third-order valence-corrected chi connectivity index (χ3v) is 4.10. The molecule has 132 valence electrons. The first kappa shape index (κ1) is 17.2. The Labute approximate surface area is 146 Å². The number of ether oxygens (including phenoxy) is 1. The number of carbonyl (C=O) groups is 1. The van der Waals surface area contributed by atoms with Crippen molar-refractivity contribution in [1.82, 2.24) is 24.8 Å². The monoisotopic (exact) mass is 342 g/mol. The Morgan fingerprint density at radius 2 is 2.00 bits per heavy atom. The molecular weight excluding hydrogens is 320 g/mol. The van der Waals surface area contributed by atoms with E-state index < -0.39 is 0 Å². The van der Waals surface area contributed by atoms with Gasteiger partial charge in [0, 0.05) is 37.4 Å². The quantitative estimate of drug-likeness (QED) is 0.887. The maximum atomic E-state index is 12.3. The molecule has 8 heteroatoms. The predicted molar refractivity (Wildman–Crippen MR) is 92.4 cm³/mol. The summed E-state index contributed by atoms with van der Waals surface area (Å²) in [7, 11) is 1.52. The molecule has 8 nitrogen and oxygen atoms in total. The van der Waals surface area contributed by atoms with Crippen LogP contribution in [0.4, 0.5) is 11.8 Å². The summed E-state index contributed by atoms with van der Waals surface area (Å²) in [6, 6.07) is 1.79. The lowest BCUT2D eigenvalue weighted by molar-refractivity contribution is -0.136. The van der Waals surface area contributed by atoms with Crippen molar-refractivity contribution in [1.29, 1.82) is 0 Å². The molecule has 3 heterocycles. The minimum atomic E-state index is -0.121. The summed E-state index contributed by atoms with van der Waals surface area (Å²) in [4.78, 5) is 31.8. The summed E-state index contributed by atoms with van der Waals surface area (Å²) in [6.07, 6.45) is 5.03. The van der Waals surface area contributed by atoms with Gasteiger partial charge in [-0.25, -0.2) is 15.0 Å². The van der Waals surface area contributed by atoms with Crippen molar-refractivity contribution in [2.45, 2.75) is 32.7 Å². The summed E-state index contributed by atoms with van der Waals surface area (Å²) in [6.45, 7) is 4.60. The Bertz CT molecular complexity index is 746. The van der Waals surface area contributed by atoms with Crippen LogP contribution in [0.15, 0.2) is 18.5 Å². The molecule has 0 bridgehead atoms. The highest BCUT2D eigenvalue weighted by Crippen LogP contribution is 2.34. The first-order chi connectivity index (χ1) is 12.1. The van der Waals surface area contributed by atoms with E-state index in [-0.39, 0.29) is 18.6 Å². The molecule has 1 fully saturated rings. The van der Waals surface area contributed by atoms with E-state index in [4.69, 9.17) is 4.74 Å². The predicted octanol–water partition coefficient (Wildman–Crippen LogP) is 1.94. The molecule has 1 unspecified atom stereocenters. The van der Waals surface area contributed by atoms with Crippen LogP contribution in [-0.4, -0.2) is 51.0 Å². The smallest absolute Gasteiger partial charge is 0.249 e. The summed E-state index contributed by atoms with van der Waals surface area (Å²) >= 11 is 0. The van der Waals surface area contributed by atoms with Crippen LogP contribution in [0.1, 0.15) is 36.0 Å². The van der Waals surface area contributed by atoms with Crippen LogP contribution >= 0.6 is 0 Å². The van der Waals surface area contributed by atoms with E-state index in [9.17, 15) is 4.79 Å². The Morgan fingerprint density at radius 1 is 1.28 bits per heavy atom. The Balaban J connectivity index is 1.89. The topological polar surface area (TPSA) is 93.1 Å². The fourth-order valence-electron chi connectivity index (χ4n) is 3.13. The van der Waals surface area contributed by atoms with E-state index in [0.717, 1.165) is 29.9 Å². The van der Waals surface area contributed by atoms with E-state index in [1.54, 1.807) is 17.3 Å². The number of aryl methyl sites for hydroxylation is 2. The van der Waals surface area contributed by atoms with Crippen molar-refractivity contribution < 1.29 is 9.53 Å². The second kappa shape index (κ2) is 7.52. The van der Waals surface area contributed by atoms with Crippen molar-refractivity contribution in [3.63, 3.8) is 0 Å². The molecule has 0 saturated carbocycles. The molecule has 0 aromatic carbocycles. The second-order valence-electron chi connectivity index (χ2n) is 6.07. The highest BCUT2D eigenvalue weighted by molar-refractivity contribution is 5.78. The molecule has 0 aliphatic carbocycles. The number of hydrogen-bond donors (Lipinski definition) is 1. The highest BCUT2D eigenvalue weighted by Gasteiger charge is 2.32. The molecular formula is C17H22N6O2. The van der Waals surface area contributed by atoms with Crippen molar-refractivity contribution in [2.24, 2.45) is 0 Å². The molecule has 1 aliphatic rings. The highest BCUT2D eigenvalue weighted by atomic mass is 16.5. The third-order valence-electron chi connectivity index (χ3n) is 4.10. The van der Waals surface area contributed by atoms with E-state index in [2.05, 4.69) is 25.3 Å². The molecule has 0 spiro atoms. The average Bonchev–Trinajstić information content (AvgIpc) is 3.04. The van der Waals surface area contributed by atoms with Crippen molar-refractivity contribution in [2.75, 3.05) is 25.6 Å². The van der Waals surface area contributed by atoms with Crippen LogP contribution in [0.3, 0.4) is 0 Å². The number of anilines is 2. The molecule has 2 aromatic rings. The molecule has 2 aromatic heterocycles. The van der Waals surface area contributed by atoms with Crippen LogP contribution in [-0.2, 0) is 9.53 Å². The molecule has 1 N–H and O–H groups in total.